The molecule has 1 aliphatic heterocycles. The van der Waals surface area contributed by atoms with Crippen molar-refractivity contribution >= 4 is 27.5 Å². The van der Waals surface area contributed by atoms with Crippen LogP contribution in [0.1, 0.15) is 10.4 Å². The SMILES string of the molecule is CN1CCN(NC(=O)c2cccc([N+](=O)[O-])c2Br)CC1. The van der Waals surface area contributed by atoms with Crippen LogP contribution in [-0.4, -0.2) is 54.0 Å². The summed E-state index contributed by atoms with van der Waals surface area (Å²) in [7, 11) is 2.02. The normalized spacial score (nSPS) is 16.9. The number of amides is 1. The number of carbonyl (C=O) groups excluding carboxylic acids is 1. The molecule has 1 aliphatic rings. The van der Waals surface area contributed by atoms with E-state index < -0.39 is 4.92 Å². The lowest BCUT2D eigenvalue weighted by Gasteiger charge is -2.32. The fraction of sp³-hybridized carbons (Fsp3) is 0.417. The topological polar surface area (TPSA) is 78.7 Å². The largest absolute Gasteiger partial charge is 0.304 e. The third-order valence-corrected chi connectivity index (χ3v) is 4.02. The zero-order valence-corrected chi connectivity index (χ0v) is 12.6. The zero-order valence-electron chi connectivity index (χ0n) is 11.0. The van der Waals surface area contributed by atoms with E-state index in [4.69, 9.17) is 0 Å². The number of hydrazine groups is 1. The predicted molar refractivity (Wildman–Crippen MR) is 77.3 cm³/mol. The van der Waals surface area contributed by atoms with Gasteiger partial charge in [-0.15, -0.1) is 0 Å². The molecule has 8 heteroatoms. The van der Waals surface area contributed by atoms with Crippen molar-refractivity contribution in [2.75, 3.05) is 33.2 Å². The highest BCUT2D eigenvalue weighted by Crippen LogP contribution is 2.28. The standard InChI is InChI=1S/C12H15BrN4O3/c1-15-5-7-16(8-6-15)14-12(18)9-3-2-4-10(11(9)13)17(19)20/h2-4H,5-8H2,1H3,(H,14,18). The minimum atomic E-state index is -0.517. The molecule has 2 rings (SSSR count). The van der Waals surface area contributed by atoms with E-state index in [0.29, 0.717) is 0 Å². The van der Waals surface area contributed by atoms with Gasteiger partial charge < -0.3 is 4.90 Å². The highest BCUT2D eigenvalue weighted by molar-refractivity contribution is 9.10. The van der Waals surface area contributed by atoms with Gasteiger partial charge in [0.05, 0.1) is 10.5 Å². The van der Waals surface area contributed by atoms with Crippen molar-refractivity contribution in [1.29, 1.82) is 0 Å². The molecule has 108 valence electrons. The van der Waals surface area contributed by atoms with Gasteiger partial charge in [0.1, 0.15) is 4.47 Å². The van der Waals surface area contributed by atoms with Crippen LogP contribution >= 0.6 is 15.9 Å². The molecular weight excluding hydrogens is 328 g/mol. The lowest BCUT2D eigenvalue weighted by atomic mass is 10.2. The smallest absolute Gasteiger partial charge is 0.284 e. The summed E-state index contributed by atoms with van der Waals surface area (Å²) < 4.78 is 0.205. The Labute approximate surface area is 124 Å². The van der Waals surface area contributed by atoms with Crippen molar-refractivity contribution in [1.82, 2.24) is 15.3 Å². The number of nitro groups is 1. The van der Waals surface area contributed by atoms with E-state index in [9.17, 15) is 14.9 Å². The van der Waals surface area contributed by atoms with Crippen molar-refractivity contribution in [3.05, 3.63) is 38.3 Å². The van der Waals surface area contributed by atoms with Crippen LogP contribution in [-0.2, 0) is 0 Å². The highest BCUT2D eigenvalue weighted by atomic mass is 79.9. The number of nitro benzene ring substituents is 1. The first-order chi connectivity index (χ1) is 9.49. The first-order valence-electron chi connectivity index (χ1n) is 6.16. The Kier molecular flexibility index (Phi) is 4.69. The average Bonchev–Trinajstić information content (AvgIpc) is 2.41. The zero-order chi connectivity index (χ0) is 14.7. The lowest BCUT2D eigenvalue weighted by Crippen LogP contribution is -2.52. The van der Waals surface area contributed by atoms with E-state index in [0.717, 1.165) is 26.2 Å². The maximum Gasteiger partial charge on any atom is 0.284 e. The molecule has 20 heavy (non-hydrogen) atoms. The Balaban J connectivity index is 2.10. The molecule has 7 nitrogen and oxygen atoms in total. The molecule has 0 saturated carbocycles. The molecule has 1 fully saturated rings. The van der Waals surface area contributed by atoms with Crippen LogP contribution in [0.2, 0.25) is 0 Å². The molecule has 1 aromatic carbocycles. The molecule has 1 amide bonds. The van der Waals surface area contributed by atoms with E-state index in [1.165, 1.54) is 12.1 Å². The Morgan fingerprint density at radius 3 is 2.60 bits per heavy atom. The number of rotatable bonds is 3. The molecule has 1 heterocycles. The predicted octanol–water partition coefficient (Wildman–Crippen LogP) is 1.25. The van der Waals surface area contributed by atoms with Crippen LogP contribution in [0.5, 0.6) is 0 Å². The number of benzene rings is 1. The fourth-order valence-electron chi connectivity index (χ4n) is 1.96. The van der Waals surface area contributed by atoms with Gasteiger partial charge in [0.25, 0.3) is 11.6 Å². The van der Waals surface area contributed by atoms with Gasteiger partial charge in [0, 0.05) is 32.2 Å². The number of hydrogen-bond donors (Lipinski definition) is 1. The van der Waals surface area contributed by atoms with E-state index in [1.54, 1.807) is 6.07 Å². The second-order valence-corrected chi connectivity index (χ2v) is 5.42. The molecule has 0 unspecified atom stereocenters. The van der Waals surface area contributed by atoms with Crippen LogP contribution in [0.25, 0.3) is 0 Å². The van der Waals surface area contributed by atoms with Gasteiger partial charge >= 0.3 is 0 Å². The van der Waals surface area contributed by atoms with Crippen LogP contribution < -0.4 is 5.43 Å². The number of hydrogen-bond acceptors (Lipinski definition) is 5. The molecule has 1 saturated heterocycles. The molecule has 0 bridgehead atoms. The first-order valence-corrected chi connectivity index (χ1v) is 6.95. The van der Waals surface area contributed by atoms with Crippen molar-refractivity contribution < 1.29 is 9.72 Å². The fourth-order valence-corrected chi connectivity index (χ4v) is 2.55. The maximum atomic E-state index is 12.2. The molecule has 0 spiro atoms. The van der Waals surface area contributed by atoms with E-state index >= 15 is 0 Å². The van der Waals surface area contributed by atoms with E-state index in [-0.39, 0.29) is 21.6 Å². The summed E-state index contributed by atoms with van der Waals surface area (Å²) in [6, 6.07) is 4.42. The average molecular weight is 343 g/mol. The number of carbonyl (C=O) groups is 1. The van der Waals surface area contributed by atoms with E-state index in [2.05, 4.69) is 26.3 Å². The maximum absolute atomic E-state index is 12.2. The highest BCUT2D eigenvalue weighted by Gasteiger charge is 2.22. The summed E-state index contributed by atoms with van der Waals surface area (Å²) in [5.74, 6) is -0.342. The van der Waals surface area contributed by atoms with Crippen molar-refractivity contribution in [3.8, 4) is 0 Å². The van der Waals surface area contributed by atoms with Gasteiger partial charge in [0.2, 0.25) is 0 Å². The molecule has 1 N–H and O–H groups in total. The number of piperazine rings is 1. The van der Waals surface area contributed by atoms with Crippen molar-refractivity contribution in [3.63, 3.8) is 0 Å². The summed E-state index contributed by atoms with van der Waals surface area (Å²) in [5, 5.41) is 12.7. The third kappa shape index (κ3) is 3.33. The summed E-state index contributed by atoms with van der Waals surface area (Å²) in [4.78, 5) is 24.7. The minimum Gasteiger partial charge on any atom is -0.304 e. The molecule has 0 atom stereocenters. The quantitative estimate of drug-likeness (QED) is 0.660. The van der Waals surface area contributed by atoms with Crippen LogP contribution in [0, 0.1) is 10.1 Å². The Morgan fingerprint density at radius 2 is 2.00 bits per heavy atom. The summed E-state index contributed by atoms with van der Waals surface area (Å²) in [6.45, 7) is 3.20. The molecule has 0 aromatic heterocycles. The minimum absolute atomic E-state index is 0.115. The van der Waals surface area contributed by atoms with Gasteiger partial charge in [-0.1, -0.05) is 6.07 Å². The molecule has 0 aliphatic carbocycles. The monoisotopic (exact) mass is 342 g/mol. The summed E-state index contributed by atoms with van der Waals surface area (Å²) >= 11 is 3.13. The molecular formula is C12H15BrN4O3. The van der Waals surface area contributed by atoms with Gasteiger partial charge in [-0.05, 0) is 29.0 Å². The number of nitrogens with zero attached hydrogens (tertiary/aromatic N) is 3. The Hall–Kier alpha value is -1.51. The van der Waals surface area contributed by atoms with Crippen LogP contribution in [0.4, 0.5) is 5.69 Å². The van der Waals surface area contributed by atoms with Crippen molar-refractivity contribution in [2.45, 2.75) is 0 Å². The summed E-state index contributed by atoms with van der Waals surface area (Å²) in [6.07, 6.45) is 0. The number of likely N-dealkylation sites (N-methyl/N-ethyl adjacent to an activating group) is 1. The first kappa shape index (κ1) is 14.9. The Morgan fingerprint density at radius 1 is 1.35 bits per heavy atom. The van der Waals surface area contributed by atoms with Gasteiger partial charge in [-0.25, -0.2) is 5.01 Å². The Bertz CT molecular complexity index is 529. The van der Waals surface area contributed by atoms with Crippen LogP contribution in [0.3, 0.4) is 0 Å². The van der Waals surface area contributed by atoms with Crippen molar-refractivity contribution in [2.24, 2.45) is 0 Å². The number of halogens is 1. The third-order valence-electron chi connectivity index (χ3n) is 3.18. The number of nitrogens with one attached hydrogen (secondary N) is 1. The summed E-state index contributed by atoms with van der Waals surface area (Å²) in [5.41, 5.74) is 2.93. The molecule has 1 aromatic rings. The molecule has 0 radical (unpaired) electrons. The lowest BCUT2D eigenvalue weighted by molar-refractivity contribution is -0.385. The van der Waals surface area contributed by atoms with Crippen LogP contribution in [0.15, 0.2) is 22.7 Å². The van der Waals surface area contributed by atoms with Gasteiger partial charge in [0.15, 0.2) is 0 Å². The van der Waals surface area contributed by atoms with Gasteiger partial charge in [-0.3, -0.25) is 20.3 Å². The second kappa shape index (κ2) is 6.29. The van der Waals surface area contributed by atoms with Gasteiger partial charge in [-0.2, -0.15) is 0 Å². The van der Waals surface area contributed by atoms with E-state index in [1.807, 2.05) is 12.1 Å². The second-order valence-electron chi connectivity index (χ2n) is 4.63.